The maximum Gasteiger partial charge on any atom is 0.291 e. The van der Waals surface area contributed by atoms with Gasteiger partial charge >= 0.3 is 0 Å². The van der Waals surface area contributed by atoms with Crippen molar-refractivity contribution in [1.29, 1.82) is 0 Å². The molecule has 156 valence electrons. The van der Waals surface area contributed by atoms with Gasteiger partial charge < -0.3 is 24.1 Å². The molecule has 2 aromatic carbocycles. The number of hydrogen-bond donors (Lipinski definition) is 1. The lowest BCUT2D eigenvalue weighted by Gasteiger charge is -2.18. The van der Waals surface area contributed by atoms with Crippen molar-refractivity contribution in [3.63, 3.8) is 0 Å². The summed E-state index contributed by atoms with van der Waals surface area (Å²) in [5.74, 6) is 0.845. The third-order valence-electron chi connectivity index (χ3n) is 4.26. The number of nitrogens with zero attached hydrogens (tertiary/aromatic N) is 1. The summed E-state index contributed by atoms with van der Waals surface area (Å²) in [6, 6.07) is 17.3. The summed E-state index contributed by atoms with van der Waals surface area (Å²) in [4.78, 5) is 26.5. The first-order chi connectivity index (χ1) is 14.5. The normalized spacial score (nSPS) is 10.4. The summed E-state index contributed by atoms with van der Waals surface area (Å²) in [5.41, 5.74) is 0.949. The second kappa shape index (κ2) is 9.98. The first kappa shape index (κ1) is 21.4. The molecule has 0 aliphatic rings. The number of para-hydroxylation sites is 2. The molecule has 0 fully saturated rings. The van der Waals surface area contributed by atoms with Gasteiger partial charge in [-0.05, 0) is 58.4 Å². The van der Waals surface area contributed by atoms with E-state index in [0.29, 0.717) is 40.6 Å². The first-order valence-electron chi connectivity index (χ1n) is 9.16. The van der Waals surface area contributed by atoms with E-state index in [-0.39, 0.29) is 11.7 Å². The predicted octanol–water partition coefficient (Wildman–Crippen LogP) is 4.45. The summed E-state index contributed by atoms with van der Waals surface area (Å²) >= 11 is 3.16. The minimum Gasteiger partial charge on any atom is -0.493 e. The van der Waals surface area contributed by atoms with Crippen molar-refractivity contribution in [2.24, 2.45) is 0 Å². The minimum atomic E-state index is -0.399. The highest BCUT2D eigenvalue weighted by Crippen LogP contribution is 2.25. The van der Waals surface area contributed by atoms with Crippen LogP contribution in [0.3, 0.4) is 0 Å². The summed E-state index contributed by atoms with van der Waals surface area (Å²) in [5, 5.41) is 2.72. The van der Waals surface area contributed by atoms with E-state index in [0.717, 1.165) is 0 Å². The lowest BCUT2D eigenvalue weighted by atomic mass is 10.1. The molecule has 0 spiro atoms. The average molecular weight is 473 g/mol. The zero-order valence-electron chi connectivity index (χ0n) is 16.6. The smallest absolute Gasteiger partial charge is 0.291 e. The van der Waals surface area contributed by atoms with Gasteiger partial charge in [0.2, 0.25) is 0 Å². The molecule has 0 radical (unpaired) electrons. The molecule has 0 saturated heterocycles. The van der Waals surface area contributed by atoms with Crippen LogP contribution in [0.25, 0.3) is 0 Å². The number of likely N-dealkylation sites (N-methyl/N-ethyl adjacent to an activating group) is 1. The Labute approximate surface area is 182 Å². The standard InChI is InChI=1S/C22H21BrN2O5/c1-25(12-13-29-18-9-4-3-8-17(18)28-2)22(27)15-6-5-7-16(14-15)24-21(26)19-10-11-20(23)30-19/h3-11,14H,12-13H2,1-2H3,(H,24,26). The van der Waals surface area contributed by atoms with E-state index < -0.39 is 5.91 Å². The zero-order valence-corrected chi connectivity index (χ0v) is 18.1. The molecule has 7 nitrogen and oxygen atoms in total. The molecule has 8 heteroatoms. The Bertz CT molecular complexity index is 1030. The van der Waals surface area contributed by atoms with Crippen LogP contribution in [-0.2, 0) is 0 Å². The fraction of sp³-hybridized carbons (Fsp3) is 0.182. The molecule has 30 heavy (non-hydrogen) atoms. The van der Waals surface area contributed by atoms with Gasteiger partial charge in [-0.1, -0.05) is 18.2 Å². The quantitative estimate of drug-likeness (QED) is 0.523. The third kappa shape index (κ3) is 5.42. The highest BCUT2D eigenvalue weighted by atomic mass is 79.9. The summed E-state index contributed by atoms with van der Waals surface area (Å²) in [7, 11) is 3.27. The largest absolute Gasteiger partial charge is 0.493 e. The number of anilines is 1. The second-order valence-corrected chi connectivity index (χ2v) is 7.15. The lowest BCUT2D eigenvalue weighted by molar-refractivity contribution is 0.0773. The van der Waals surface area contributed by atoms with Crippen molar-refractivity contribution in [2.75, 3.05) is 32.6 Å². The second-order valence-electron chi connectivity index (χ2n) is 6.36. The fourth-order valence-corrected chi connectivity index (χ4v) is 3.02. The number of nitrogens with one attached hydrogen (secondary N) is 1. The van der Waals surface area contributed by atoms with Crippen LogP contribution in [0, 0.1) is 0 Å². The summed E-state index contributed by atoms with van der Waals surface area (Å²) in [6.45, 7) is 0.695. The number of carbonyl (C=O) groups is 2. The topological polar surface area (TPSA) is 81.0 Å². The monoisotopic (exact) mass is 472 g/mol. The van der Waals surface area contributed by atoms with E-state index in [1.54, 1.807) is 55.5 Å². The lowest BCUT2D eigenvalue weighted by Crippen LogP contribution is -2.31. The molecule has 3 aromatic rings. The number of furan rings is 1. The minimum absolute atomic E-state index is 0.171. The van der Waals surface area contributed by atoms with Crippen LogP contribution in [0.15, 0.2) is 69.8 Å². The highest BCUT2D eigenvalue weighted by Gasteiger charge is 2.15. The fourth-order valence-electron chi connectivity index (χ4n) is 2.71. The van der Waals surface area contributed by atoms with Crippen LogP contribution in [0.1, 0.15) is 20.9 Å². The number of carbonyl (C=O) groups excluding carboxylic acids is 2. The molecule has 0 bridgehead atoms. The van der Waals surface area contributed by atoms with Crippen LogP contribution < -0.4 is 14.8 Å². The van der Waals surface area contributed by atoms with Gasteiger partial charge in [0, 0.05) is 18.3 Å². The third-order valence-corrected chi connectivity index (χ3v) is 4.69. The van der Waals surface area contributed by atoms with Gasteiger partial charge in [0.05, 0.1) is 13.7 Å². The first-order valence-corrected chi connectivity index (χ1v) is 9.95. The molecule has 0 aliphatic carbocycles. The van der Waals surface area contributed by atoms with E-state index >= 15 is 0 Å². The Kier molecular flexibility index (Phi) is 7.13. The summed E-state index contributed by atoms with van der Waals surface area (Å²) < 4.78 is 16.7. The van der Waals surface area contributed by atoms with Crippen LogP contribution in [0.5, 0.6) is 11.5 Å². The van der Waals surface area contributed by atoms with Gasteiger partial charge in [-0.25, -0.2) is 0 Å². The Morgan fingerprint density at radius 1 is 1.07 bits per heavy atom. The molecular formula is C22H21BrN2O5. The van der Waals surface area contributed by atoms with Crippen LogP contribution in [0.4, 0.5) is 5.69 Å². The molecule has 1 heterocycles. The Morgan fingerprint density at radius 3 is 2.53 bits per heavy atom. The van der Waals surface area contributed by atoms with Crippen LogP contribution >= 0.6 is 15.9 Å². The van der Waals surface area contributed by atoms with E-state index in [4.69, 9.17) is 13.9 Å². The molecule has 1 N–H and O–H groups in total. The molecule has 0 unspecified atom stereocenters. The van der Waals surface area contributed by atoms with Gasteiger partial charge in [0.15, 0.2) is 21.9 Å². The molecular weight excluding hydrogens is 452 g/mol. The molecule has 0 saturated carbocycles. The number of hydrogen-bond acceptors (Lipinski definition) is 5. The van der Waals surface area contributed by atoms with Gasteiger partial charge in [-0.15, -0.1) is 0 Å². The average Bonchev–Trinajstić information content (AvgIpc) is 3.20. The highest BCUT2D eigenvalue weighted by molar-refractivity contribution is 9.10. The van der Waals surface area contributed by atoms with Gasteiger partial charge in [-0.2, -0.15) is 0 Å². The van der Waals surface area contributed by atoms with E-state index in [1.165, 1.54) is 0 Å². The Balaban J connectivity index is 1.58. The molecule has 2 amide bonds. The van der Waals surface area contributed by atoms with Gasteiger partial charge in [0.25, 0.3) is 11.8 Å². The van der Waals surface area contributed by atoms with Crippen molar-refractivity contribution in [3.05, 3.63) is 76.7 Å². The zero-order chi connectivity index (χ0) is 21.5. The van der Waals surface area contributed by atoms with Crippen molar-refractivity contribution in [2.45, 2.75) is 0 Å². The molecule has 1 aromatic heterocycles. The van der Waals surface area contributed by atoms with E-state index in [9.17, 15) is 9.59 Å². The number of halogens is 1. The van der Waals surface area contributed by atoms with E-state index in [1.807, 2.05) is 24.3 Å². The van der Waals surface area contributed by atoms with Gasteiger partial charge in [-0.3, -0.25) is 9.59 Å². The number of methoxy groups -OCH3 is 1. The number of rotatable bonds is 8. The van der Waals surface area contributed by atoms with Crippen molar-refractivity contribution in [1.82, 2.24) is 4.90 Å². The Morgan fingerprint density at radius 2 is 1.83 bits per heavy atom. The van der Waals surface area contributed by atoms with Crippen LogP contribution in [-0.4, -0.2) is 44.0 Å². The van der Waals surface area contributed by atoms with Crippen molar-refractivity contribution >= 4 is 33.4 Å². The Hall–Kier alpha value is -3.26. The SMILES string of the molecule is COc1ccccc1OCCN(C)C(=O)c1cccc(NC(=O)c2ccc(Br)o2)c1. The number of amides is 2. The number of benzene rings is 2. The molecule has 3 rings (SSSR count). The van der Waals surface area contributed by atoms with E-state index in [2.05, 4.69) is 21.2 Å². The maximum atomic E-state index is 12.7. The van der Waals surface area contributed by atoms with Gasteiger partial charge in [0.1, 0.15) is 6.61 Å². The van der Waals surface area contributed by atoms with Crippen LogP contribution in [0.2, 0.25) is 0 Å². The molecule has 0 atom stereocenters. The van der Waals surface area contributed by atoms with Crippen molar-refractivity contribution in [3.8, 4) is 11.5 Å². The summed E-state index contributed by atoms with van der Waals surface area (Å²) in [6.07, 6.45) is 0. The maximum absolute atomic E-state index is 12.7. The van der Waals surface area contributed by atoms with Crippen molar-refractivity contribution < 1.29 is 23.5 Å². The molecule has 0 aliphatic heterocycles. The predicted molar refractivity (Wildman–Crippen MR) is 116 cm³/mol. The number of ether oxygens (including phenoxy) is 2.